The summed E-state index contributed by atoms with van der Waals surface area (Å²) in [6, 6.07) is 9.56. The molecule has 1 saturated heterocycles. The van der Waals surface area contributed by atoms with E-state index in [1.165, 1.54) is 0 Å². The Morgan fingerprint density at radius 1 is 1.26 bits per heavy atom. The molecule has 0 saturated carbocycles. The van der Waals surface area contributed by atoms with Crippen LogP contribution in [0, 0.1) is 0 Å². The first-order valence-corrected chi connectivity index (χ1v) is 8.30. The molecule has 23 heavy (non-hydrogen) atoms. The van der Waals surface area contributed by atoms with Crippen molar-refractivity contribution >= 4 is 5.91 Å². The summed E-state index contributed by atoms with van der Waals surface area (Å²) in [5.41, 5.74) is 6.20. The average Bonchev–Trinajstić information content (AvgIpc) is 2.59. The van der Waals surface area contributed by atoms with Gasteiger partial charge in [-0.2, -0.15) is 0 Å². The number of hydrogen-bond acceptors (Lipinski definition) is 4. The summed E-state index contributed by atoms with van der Waals surface area (Å²) < 4.78 is 10.8. The van der Waals surface area contributed by atoms with Crippen LogP contribution >= 0.6 is 0 Å². The molecule has 128 valence electrons. The van der Waals surface area contributed by atoms with Gasteiger partial charge in [-0.3, -0.25) is 4.79 Å². The molecule has 1 heterocycles. The maximum absolute atomic E-state index is 12.8. The number of rotatable bonds is 7. The molecule has 5 nitrogen and oxygen atoms in total. The van der Waals surface area contributed by atoms with Gasteiger partial charge in [0.25, 0.3) is 0 Å². The van der Waals surface area contributed by atoms with Gasteiger partial charge in [0.1, 0.15) is 5.54 Å². The van der Waals surface area contributed by atoms with Crippen LogP contribution < -0.4 is 5.73 Å². The van der Waals surface area contributed by atoms with Crippen molar-refractivity contribution in [1.82, 2.24) is 4.90 Å². The maximum atomic E-state index is 12.8. The van der Waals surface area contributed by atoms with Crippen LogP contribution in [0.15, 0.2) is 30.3 Å². The van der Waals surface area contributed by atoms with Crippen molar-refractivity contribution in [2.45, 2.75) is 37.8 Å². The van der Waals surface area contributed by atoms with Gasteiger partial charge in [0.2, 0.25) is 5.91 Å². The first-order valence-electron chi connectivity index (χ1n) is 8.30. The van der Waals surface area contributed by atoms with E-state index in [9.17, 15) is 4.79 Å². The van der Waals surface area contributed by atoms with E-state index in [0.29, 0.717) is 19.7 Å². The van der Waals surface area contributed by atoms with E-state index in [-0.39, 0.29) is 12.0 Å². The number of nitrogens with zero attached hydrogens (tertiary/aromatic N) is 1. The van der Waals surface area contributed by atoms with Gasteiger partial charge in [0.05, 0.1) is 6.10 Å². The molecule has 0 aliphatic carbocycles. The Balaban J connectivity index is 1.84. The summed E-state index contributed by atoms with van der Waals surface area (Å²) >= 11 is 0. The predicted molar refractivity (Wildman–Crippen MR) is 90.0 cm³/mol. The van der Waals surface area contributed by atoms with Gasteiger partial charge in [-0.25, -0.2) is 0 Å². The van der Waals surface area contributed by atoms with Crippen molar-refractivity contribution in [1.29, 1.82) is 0 Å². The molecule has 1 fully saturated rings. The van der Waals surface area contributed by atoms with E-state index in [1.54, 1.807) is 14.0 Å². The Morgan fingerprint density at radius 2 is 1.91 bits per heavy atom. The van der Waals surface area contributed by atoms with E-state index >= 15 is 0 Å². The van der Waals surface area contributed by atoms with E-state index in [2.05, 4.69) is 0 Å². The highest BCUT2D eigenvalue weighted by molar-refractivity contribution is 5.87. The topological polar surface area (TPSA) is 64.8 Å². The van der Waals surface area contributed by atoms with Crippen molar-refractivity contribution in [2.75, 3.05) is 33.4 Å². The minimum Gasteiger partial charge on any atom is -0.385 e. The predicted octanol–water partition coefficient (Wildman–Crippen LogP) is 1.90. The number of methoxy groups -OCH3 is 1. The third-order valence-corrected chi connectivity index (χ3v) is 4.39. The van der Waals surface area contributed by atoms with Crippen molar-refractivity contribution in [2.24, 2.45) is 5.73 Å². The molecule has 1 aliphatic rings. The van der Waals surface area contributed by atoms with Crippen LogP contribution in [-0.2, 0) is 19.8 Å². The fraction of sp³-hybridized carbons (Fsp3) is 0.611. The lowest BCUT2D eigenvalue weighted by Crippen LogP contribution is -2.53. The largest absolute Gasteiger partial charge is 0.385 e. The number of likely N-dealkylation sites (tertiary alicyclic amines) is 1. The molecule has 5 heteroatoms. The second kappa shape index (κ2) is 8.43. The molecule has 1 atom stereocenters. The van der Waals surface area contributed by atoms with Crippen molar-refractivity contribution in [3.05, 3.63) is 35.9 Å². The molecule has 2 rings (SSSR count). The van der Waals surface area contributed by atoms with Gasteiger partial charge >= 0.3 is 0 Å². The van der Waals surface area contributed by atoms with Crippen molar-refractivity contribution in [3.63, 3.8) is 0 Å². The number of ether oxygens (including phenoxy) is 2. The Bertz CT molecular complexity index is 482. The van der Waals surface area contributed by atoms with Crippen LogP contribution in [0.4, 0.5) is 0 Å². The van der Waals surface area contributed by atoms with E-state index < -0.39 is 5.54 Å². The van der Waals surface area contributed by atoms with Crippen LogP contribution in [0.25, 0.3) is 0 Å². The summed E-state index contributed by atoms with van der Waals surface area (Å²) in [6.45, 7) is 4.63. The van der Waals surface area contributed by atoms with Crippen LogP contribution in [0.2, 0.25) is 0 Å². The number of carbonyl (C=O) groups is 1. The third-order valence-electron chi connectivity index (χ3n) is 4.39. The van der Waals surface area contributed by atoms with Crippen LogP contribution in [0.5, 0.6) is 0 Å². The quantitative estimate of drug-likeness (QED) is 0.779. The van der Waals surface area contributed by atoms with Gasteiger partial charge in [0, 0.05) is 33.4 Å². The standard InChI is InChI=1S/C18H28N2O3/c1-18(19,15-7-4-3-5-8-15)17(21)20-11-9-16(10-12-20)23-14-6-13-22-2/h3-5,7-8,16H,6,9-14,19H2,1-2H3. The number of amides is 1. The second-order valence-electron chi connectivity index (χ2n) is 6.28. The minimum absolute atomic E-state index is 0.0125. The summed E-state index contributed by atoms with van der Waals surface area (Å²) in [5, 5.41) is 0. The fourth-order valence-corrected chi connectivity index (χ4v) is 2.92. The highest BCUT2D eigenvalue weighted by atomic mass is 16.5. The normalized spacial score (nSPS) is 18.7. The molecule has 0 bridgehead atoms. The zero-order valence-corrected chi connectivity index (χ0v) is 14.2. The van der Waals surface area contributed by atoms with Crippen LogP contribution in [0.1, 0.15) is 31.7 Å². The molecule has 2 N–H and O–H groups in total. The average molecular weight is 320 g/mol. The molecule has 1 aromatic rings. The third kappa shape index (κ3) is 4.77. The first kappa shape index (κ1) is 17.9. The second-order valence-corrected chi connectivity index (χ2v) is 6.28. The number of piperidine rings is 1. The molecular weight excluding hydrogens is 292 g/mol. The molecular formula is C18H28N2O3. The van der Waals surface area contributed by atoms with Crippen molar-refractivity contribution in [3.8, 4) is 0 Å². The number of carbonyl (C=O) groups excluding carboxylic acids is 1. The minimum atomic E-state index is -0.979. The molecule has 0 spiro atoms. The Kier molecular flexibility index (Phi) is 6.57. The Hall–Kier alpha value is -1.43. The monoisotopic (exact) mass is 320 g/mol. The lowest BCUT2D eigenvalue weighted by molar-refractivity contribution is -0.139. The van der Waals surface area contributed by atoms with Gasteiger partial charge in [-0.05, 0) is 31.7 Å². The van der Waals surface area contributed by atoms with Gasteiger partial charge in [-0.1, -0.05) is 30.3 Å². The van der Waals surface area contributed by atoms with Crippen molar-refractivity contribution < 1.29 is 14.3 Å². The van der Waals surface area contributed by atoms with Gasteiger partial charge in [0.15, 0.2) is 0 Å². The maximum Gasteiger partial charge on any atom is 0.246 e. The Labute approximate surface area is 138 Å². The zero-order valence-electron chi connectivity index (χ0n) is 14.2. The van der Waals surface area contributed by atoms with Crippen LogP contribution in [0.3, 0.4) is 0 Å². The fourth-order valence-electron chi connectivity index (χ4n) is 2.92. The summed E-state index contributed by atoms with van der Waals surface area (Å²) in [4.78, 5) is 14.6. The highest BCUT2D eigenvalue weighted by Crippen LogP contribution is 2.23. The van der Waals surface area contributed by atoms with Gasteiger partial charge in [-0.15, -0.1) is 0 Å². The molecule has 0 aromatic heterocycles. The summed E-state index contributed by atoms with van der Waals surface area (Å²) in [7, 11) is 1.70. The molecule has 1 aromatic carbocycles. The lowest BCUT2D eigenvalue weighted by atomic mass is 9.90. The van der Waals surface area contributed by atoms with E-state index in [1.807, 2.05) is 35.2 Å². The van der Waals surface area contributed by atoms with E-state index in [4.69, 9.17) is 15.2 Å². The van der Waals surface area contributed by atoms with E-state index in [0.717, 1.165) is 31.4 Å². The SMILES string of the molecule is COCCCOC1CCN(C(=O)C(C)(N)c2ccccc2)CC1. The summed E-state index contributed by atoms with van der Waals surface area (Å²) in [6.07, 6.45) is 2.87. The molecule has 1 amide bonds. The molecule has 1 aliphatic heterocycles. The first-order chi connectivity index (χ1) is 11.1. The molecule has 1 unspecified atom stereocenters. The smallest absolute Gasteiger partial charge is 0.246 e. The number of benzene rings is 1. The number of nitrogens with two attached hydrogens (primary N) is 1. The summed E-state index contributed by atoms with van der Waals surface area (Å²) in [5.74, 6) is -0.0125. The Morgan fingerprint density at radius 3 is 2.52 bits per heavy atom. The highest BCUT2D eigenvalue weighted by Gasteiger charge is 2.36. The van der Waals surface area contributed by atoms with Crippen LogP contribution in [-0.4, -0.2) is 50.3 Å². The van der Waals surface area contributed by atoms with Gasteiger partial charge < -0.3 is 20.1 Å². The number of hydrogen-bond donors (Lipinski definition) is 1. The molecule has 0 radical (unpaired) electrons. The lowest BCUT2D eigenvalue weighted by Gasteiger charge is -2.37. The zero-order chi connectivity index (χ0) is 16.7.